The lowest BCUT2D eigenvalue weighted by Gasteiger charge is -2.23. The summed E-state index contributed by atoms with van der Waals surface area (Å²) in [6.45, 7) is 1.93. The van der Waals surface area contributed by atoms with Crippen LogP contribution >= 0.6 is 12.4 Å². The first-order valence-corrected chi connectivity index (χ1v) is 5.91. The van der Waals surface area contributed by atoms with Gasteiger partial charge in [-0.15, -0.1) is 12.4 Å². The minimum atomic E-state index is -0.149. The largest absolute Gasteiger partial charge is 0.351 e. The predicted molar refractivity (Wildman–Crippen MR) is 72.0 cm³/mol. The number of piperidine rings is 1. The summed E-state index contributed by atoms with van der Waals surface area (Å²) in [6.07, 6.45) is 3.71. The van der Waals surface area contributed by atoms with Crippen LogP contribution in [0.2, 0.25) is 0 Å². The Kier molecular flexibility index (Phi) is 5.88. The summed E-state index contributed by atoms with van der Waals surface area (Å²) in [4.78, 5) is 23.2. The molecule has 1 saturated heterocycles. The molecule has 1 aromatic rings. The fourth-order valence-corrected chi connectivity index (χ4v) is 1.99. The Morgan fingerprint density at radius 2 is 2.33 bits per heavy atom. The Morgan fingerprint density at radius 3 is 3.00 bits per heavy atom. The third kappa shape index (κ3) is 4.16. The lowest BCUT2D eigenvalue weighted by Crippen LogP contribution is -2.47. The smallest absolute Gasteiger partial charge is 0.250 e. The van der Waals surface area contributed by atoms with Gasteiger partial charge in [0.2, 0.25) is 5.91 Å². The molecule has 100 valence electrons. The lowest BCUT2D eigenvalue weighted by molar-refractivity contribution is -0.122. The van der Waals surface area contributed by atoms with Gasteiger partial charge in [-0.2, -0.15) is 0 Å². The van der Waals surface area contributed by atoms with E-state index in [-0.39, 0.29) is 36.5 Å². The van der Waals surface area contributed by atoms with E-state index in [1.165, 1.54) is 10.6 Å². The second-order valence-electron chi connectivity index (χ2n) is 4.28. The first-order valence-electron chi connectivity index (χ1n) is 5.91. The molecule has 1 aliphatic rings. The third-order valence-corrected chi connectivity index (χ3v) is 2.87. The molecular formula is C12H18ClN3O2. The number of nitrogens with zero attached hydrogens (tertiary/aromatic N) is 1. The lowest BCUT2D eigenvalue weighted by atomic mass is 10.1. The van der Waals surface area contributed by atoms with E-state index < -0.39 is 0 Å². The maximum atomic E-state index is 11.7. The minimum Gasteiger partial charge on any atom is -0.351 e. The van der Waals surface area contributed by atoms with Crippen molar-refractivity contribution in [2.75, 3.05) is 13.1 Å². The van der Waals surface area contributed by atoms with Crippen LogP contribution in [0.1, 0.15) is 12.8 Å². The predicted octanol–water partition coefficient (Wildman–Crippen LogP) is 0.138. The maximum Gasteiger partial charge on any atom is 0.250 e. The van der Waals surface area contributed by atoms with Gasteiger partial charge in [-0.25, -0.2) is 0 Å². The highest BCUT2D eigenvalue weighted by Crippen LogP contribution is 2.00. The number of halogens is 1. The second-order valence-corrected chi connectivity index (χ2v) is 4.28. The van der Waals surface area contributed by atoms with Gasteiger partial charge in [-0.05, 0) is 25.5 Å². The maximum absolute atomic E-state index is 11.7. The van der Waals surface area contributed by atoms with Crippen molar-refractivity contribution in [1.82, 2.24) is 15.2 Å². The van der Waals surface area contributed by atoms with Crippen LogP contribution in [0.15, 0.2) is 29.2 Å². The summed E-state index contributed by atoms with van der Waals surface area (Å²) in [7, 11) is 0. The summed E-state index contributed by atoms with van der Waals surface area (Å²) in [5.41, 5.74) is -0.149. The molecule has 2 N–H and O–H groups in total. The number of rotatable bonds is 3. The Balaban J connectivity index is 0.00000162. The van der Waals surface area contributed by atoms with E-state index in [1.54, 1.807) is 18.3 Å². The molecule has 1 atom stereocenters. The van der Waals surface area contributed by atoms with Gasteiger partial charge < -0.3 is 15.2 Å². The van der Waals surface area contributed by atoms with Gasteiger partial charge in [-0.3, -0.25) is 9.59 Å². The average Bonchev–Trinajstić information content (AvgIpc) is 2.33. The molecule has 0 saturated carbocycles. The number of carbonyl (C=O) groups excluding carboxylic acids is 1. The van der Waals surface area contributed by atoms with Crippen molar-refractivity contribution >= 4 is 18.3 Å². The van der Waals surface area contributed by atoms with Gasteiger partial charge in [0.05, 0.1) is 0 Å². The summed E-state index contributed by atoms with van der Waals surface area (Å²) >= 11 is 0. The van der Waals surface area contributed by atoms with Crippen LogP contribution in [0.4, 0.5) is 0 Å². The van der Waals surface area contributed by atoms with E-state index >= 15 is 0 Å². The monoisotopic (exact) mass is 271 g/mol. The van der Waals surface area contributed by atoms with Crippen molar-refractivity contribution in [3.8, 4) is 0 Å². The summed E-state index contributed by atoms with van der Waals surface area (Å²) < 4.78 is 1.41. The van der Waals surface area contributed by atoms with Crippen LogP contribution in [-0.4, -0.2) is 29.6 Å². The summed E-state index contributed by atoms with van der Waals surface area (Å²) in [5, 5.41) is 6.17. The Bertz CT molecular complexity index is 441. The van der Waals surface area contributed by atoms with Crippen molar-refractivity contribution in [1.29, 1.82) is 0 Å². The normalized spacial score (nSPS) is 18.8. The molecule has 6 heteroatoms. The molecule has 1 aliphatic heterocycles. The number of hydrogen-bond acceptors (Lipinski definition) is 3. The molecule has 0 aromatic carbocycles. The third-order valence-electron chi connectivity index (χ3n) is 2.87. The molecule has 5 nitrogen and oxygen atoms in total. The first-order chi connectivity index (χ1) is 8.25. The van der Waals surface area contributed by atoms with Crippen LogP contribution in [0, 0.1) is 0 Å². The highest BCUT2D eigenvalue weighted by molar-refractivity contribution is 5.85. The van der Waals surface area contributed by atoms with Crippen LogP contribution < -0.4 is 16.2 Å². The van der Waals surface area contributed by atoms with Crippen LogP contribution in [0.3, 0.4) is 0 Å². The van der Waals surface area contributed by atoms with Gasteiger partial charge in [0, 0.05) is 24.8 Å². The molecule has 1 amide bonds. The van der Waals surface area contributed by atoms with Gasteiger partial charge in [-0.1, -0.05) is 6.07 Å². The van der Waals surface area contributed by atoms with Crippen molar-refractivity contribution in [2.24, 2.45) is 0 Å². The zero-order valence-electron chi connectivity index (χ0n) is 10.1. The number of aromatic nitrogens is 1. The SMILES string of the molecule is Cl.O=C(Cn1ccccc1=O)NC1CCCNC1. The van der Waals surface area contributed by atoms with E-state index in [9.17, 15) is 9.59 Å². The average molecular weight is 272 g/mol. The number of carbonyl (C=O) groups is 1. The molecule has 0 aliphatic carbocycles. The molecule has 2 rings (SSSR count). The van der Waals surface area contributed by atoms with E-state index in [4.69, 9.17) is 0 Å². The fourth-order valence-electron chi connectivity index (χ4n) is 1.99. The van der Waals surface area contributed by atoms with Crippen molar-refractivity contribution < 1.29 is 4.79 Å². The van der Waals surface area contributed by atoms with E-state index in [0.29, 0.717) is 0 Å². The van der Waals surface area contributed by atoms with Crippen LogP contribution in [-0.2, 0) is 11.3 Å². The highest BCUT2D eigenvalue weighted by Gasteiger charge is 2.15. The number of nitrogens with one attached hydrogen (secondary N) is 2. The molecule has 1 unspecified atom stereocenters. The van der Waals surface area contributed by atoms with E-state index in [1.807, 2.05) is 0 Å². The highest BCUT2D eigenvalue weighted by atomic mass is 35.5. The van der Waals surface area contributed by atoms with Crippen LogP contribution in [0.25, 0.3) is 0 Å². The zero-order chi connectivity index (χ0) is 12.1. The second kappa shape index (κ2) is 7.18. The molecule has 2 heterocycles. The summed E-state index contributed by atoms with van der Waals surface area (Å²) in [5.74, 6) is -0.105. The molecule has 0 spiro atoms. The topological polar surface area (TPSA) is 63.1 Å². The Morgan fingerprint density at radius 1 is 1.50 bits per heavy atom. The number of hydrogen-bond donors (Lipinski definition) is 2. The Hall–Kier alpha value is -1.33. The van der Waals surface area contributed by atoms with Crippen molar-refractivity contribution in [3.05, 3.63) is 34.7 Å². The number of amides is 1. The van der Waals surface area contributed by atoms with Gasteiger partial charge >= 0.3 is 0 Å². The van der Waals surface area contributed by atoms with E-state index in [2.05, 4.69) is 10.6 Å². The molecule has 0 bridgehead atoms. The molecule has 1 aromatic heterocycles. The van der Waals surface area contributed by atoms with Crippen molar-refractivity contribution in [3.63, 3.8) is 0 Å². The molecule has 0 radical (unpaired) electrons. The van der Waals surface area contributed by atoms with E-state index in [0.717, 1.165) is 25.9 Å². The first kappa shape index (κ1) is 14.7. The van der Waals surface area contributed by atoms with Gasteiger partial charge in [0.15, 0.2) is 0 Å². The van der Waals surface area contributed by atoms with Crippen molar-refractivity contribution in [2.45, 2.75) is 25.4 Å². The number of pyridine rings is 1. The fraction of sp³-hybridized carbons (Fsp3) is 0.500. The molecular weight excluding hydrogens is 254 g/mol. The minimum absolute atomic E-state index is 0. The molecule has 18 heavy (non-hydrogen) atoms. The molecule has 1 fully saturated rings. The Labute approximate surface area is 112 Å². The van der Waals surface area contributed by atoms with Gasteiger partial charge in [0.25, 0.3) is 5.56 Å². The quantitative estimate of drug-likeness (QED) is 0.822. The van der Waals surface area contributed by atoms with Gasteiger partial charge in [0.1, 0.15) is 6.54 Å². The van der Waals surface area contributed by atoms with Crippen LogP contribution in [0.5, 0.6) is 0 Å². The zero-order valence-corrected chi connectivity index (χ0v) is 10.9. The summed E-state index contributed by atoms with van der Waals surface area (Å²) in [6, 6.07) is 5.06. The standard InChI is InChI=1S/C12H17N3O2.ClH/c16-11(14-10-4-3-6-13-8-10)9-15-7-2-1-5-12(15)17;/h1-2,5,7,10,13H,3-4,6,8-9H2,(H,14,16);1H.